The Morgan fingerprint density at radius 1 is 1.14 bits per heavy atom. The molecule has 0 radical (unpaired) electrons. The molecule has 1 aromatic carbocycles. The first-order valence-electron chi connectivity index (χ1n) is 9.10. The van der Waals surface area contributed by atoms with E-state index in [0.29, 0.717) is 34.1 Å². The maximum absolute atomic E-state index is 12.5. The smallest absolute Gasteiger partial charge is 0.341 e. The number of aryl methyl sites for hydroxylation is 1. The zero-order valence-electron chi connectivity index (χ0n) is 16.2. The number of hydrogen-bond acceptors (Lipinski definition) is 5. The van der Waals surface area contributed by atoms with Gasteiger partial charge in [-0.15, -0.1) is 0 Å². The summed E-state index contributed by atoms with van der Waals surface area (Å²) in [7, 11) is 0. The lowest BCUT2D eigenvalue weighted by Gasteiger charge is -2.08. The average Bonchev–Trinajstić information content (AvgIpc) is 3.00. The van der Waals surface area contributed by atoms with Gasteiger partial charge in [-0.2, -0.15) is 5.10 Å². The highest BCUT2D eigenvalue weighted by Crippen LogP contribution is 2.20. The van der Waals surface area contributed by atoms with Gasteiger partial charge in [-0.05, 0) is 37.6 Å². The van der Waals surface area contributed by atoms with Crippen LogP contribution >= 0.6 is 11.6 Å². The number of nitrogens with zero attached hydrogens (tertiary/aromatic N) is 3. The molecular weight excluding hydrogens is 392 g/mol. The summed E-state index contributed by atoms with van der Waals surface area (Å²) in [6.45, 7) is 4.31. The van der Waals surface area contributed by atoms with E-state index in [9.17, 15) is 9.59 Å². The van der Waals surface area contributed by atoms with Crippen LogP contribution in [0.1, 0.15) is 37.7 Å². The van der Waals surface area contributed by atoms with Crippen molar-refractivity contribution >= 4 is 23.5 Å². The van der Waals surface area contributed by atoms with Gasteiger partial charge in [0.1, 0.15) is 12.2 Å². The predicted molar refractivity (Wildman–Crippen MR) is 109 cm³/mol. The van der Waals surface area contributed by atoms with E-state index in [1.165, 1.54) is 0 Å². The van der Waals surface area contributed by atoms with Gasteiger partial charge in [0, 0.05) is 23.0 Å². The molecule has 29 heavy (non-hydrogen) atoms. The van der Waals surface area contributed by atoms with E-state index in [1.807, 2.05) is 31.2 Å². The molecule has 1 N–H and O–H groups in total. The van der Waals surface area contributed by atoms with Crippen LogP contribution in [-0.2, 0) is 11.3 Å². The van der Waals surface area contributed by atoms with Gasteiger partial charge in [-0.25, -0.2) is 4.79 Å². The number of ether oxygens (including phenoxy) is 1. The van der Waals surface area contributed by atoms with Crippen LogP contribution in [0.15, 0.2) is 48.8 Å². The second-order valence-corrected chi connectivity index (χ2v) is 6.83. The summed E-state index contributed by atoms with van der Waals surface area (Å²) >= 11 is 6.22. The number of pyridine rings is 1. The SMILES string of the molecule is Cc1nn(Cc2ccccc2Cl)c(C)c1C(=O)OCCNC(=O)c1ccncc1. The van der Waals surface area contributed by atoms with E-state index in [2.05, 4.69) is 15.4 Å². The third-order valence-corrected chi connectivity index (χ3v) is 4.80. The molecule has 0 aliphatic heterocycles. The quantitative estimate of drug-likeness (QED) is 0.475. The van der Waals surface area contributed by atoms with E-state index in [0.717, 1.165) is 5.56 Å². The van der Waals surface area contributed by atoms with Gasteiger partial charge in [0.2, 0.25) is 0 Å². The summed E-state index contributed by atoms with van der Waals surface area (Å²) in [5, 5.41) is 7.79. The first kappa shape index (κ1) is 20.5. The van der Waals surface area contributed by atoms with E-state index in [-0.39, 0.29) is 19.1 Å². The molecule has 150 valence electrons. The van der Waals surface area contributed by atoms with E-state index >= 15 is 0 Å². The van der Waals surface area contributed by atoms with Crippen molar-refractivity contribution in [1.29, 1.82) is 0 Å². The Bertz CT molecular complexity index is 1020. The van der Waals surface area contributed by atoms with Crippen molar-refractivity contribution in [1.82, 2.24) is 20.1 Å². The molecule has 8 heteroatoms. The molecule has 0 aliphatic carbocycles. The molecule has 0 saturated carbocycles. The number of benzene rings is 1. The minimum absolute atomic E-state index is 0.0598. The predicted octanol–water partition coefficient (Wildman–Crippen LogP) is 3.18. The fourth-order valence-corrected chi connectivity index (χ4v) is 3.12. The Hall–Kier alpha value is -3.19. The standard InChI is InChI=1S/C21H21ClN4O3/c1-14-19(15(2)26(25-14)13-17-5-3-4-6-18(17)22)21(28)29-12-11-24-20(27)16-7-9-23-10-8-16/h3-10H,11-13H2,1-2H3,(H,24,27). The molecule has 2 heterocycles. The summed E-state index contributed by atoms with van der Waals surface area (Å²) < 4.78 is 7.05. The summed E-state index contributed by atoms with van der Waals surface area (Å²) in [5.74, 6) is -0.716. The van der Waals surface area contributed by atoms with Gasteiger partial charge >= 0.3 is 5.97 Å². The van der Waals surface area contributed by atoms with Crippen molar-refractivity contribution in [2.75, 3.05) is 13.2 Å². The summed E-state index contributed by atoms with van der Waals surface area (Å²) in [4.78, 5) is 28.3. The molecule has 0 bridgehead atoms. The first-order chi connectivity index (χ1) is 14.0. The van der Waals surface area contributed by atoms with Crippen molar-refractivity contribution < 1.29 is 14.3 Å². The van der Waals surface area contributed by atoms with Crippen LogP contribution in [0.5, 0.6) is 0 Å². The third kappa shape index (κ3) is 5.00. The van der Waals surface area contributed by atoms with Crippen molar-refractivity contribution in [3.63, 3.8) is 0 Å². The van der Waals surface area contributed by atoms with Gasteiger partial charge in [0.15, 0.2) is 0 Å². The Morgan fingerprint density at radius 2 is 1.86 bits per heavy atom. The molecule has 0 unspecified atom stereocenters. The van der Waals surface area contributed by atoms with E-state index in [1.54, 1.807) is 36.1 Å². The summed E-state index contributed by atoms with van der Waals surface area (Å²) in [5.41, 5.74) is 3.13. The number of amides is 1. The molecule has 0 fully saturated rings. The number of carbonyl (C=O) groups excluding carboxylic acids is 2. The van der Waals surface area contributed by atoms with Crippen molar-refractivity contribution in [2.24, 2.45) is 0 Å². The lowest BCUT2D eigenvalue weighted by Crippen LogP contribution is -2.28. The van der Waals surface area contributed by atoms with Crippen LogP contribution in [0, 0.1) is 13.8 Å². The maximum Gasteiger partial charge on any atom is 0.341 e. The van der Waals surface area contributed by atoms with E-state index < -0.39 is 5.97 Å². The number of nitrogens with one attached hydrogen (secondary N) is 1. The van der Waals surface area contributed by atoms with Crippen LogP contribution in [0.3, 0.4) is 0 Å². The van der Waals surface area contributed by atoms with Crippen molar-refractivity contribution in [3.8, 4) is 0 Å². The maximum atomic E-state index is 12.5. The van der Waals surface area contributed by atoms with Gasteiger partial charge in [0.25, 0.3) is 5.91 Å². The van der Waals surface area contributed by atoms with Crippen LogP contribution in [0.4, 0.5) is 0 Å². The minimum atomic E-state index is -0.469. The number of rotatable bonds is 7. The van der Waals surface area contributed by atoms with Crippen LogP contribution in [0.25, 0.3) is 0 Å². The second kappa shape index (κ2) is 9.34. The third-order valence-electron chi connectivity index (χ3n) is 4.43. The Balaban J connectivity index is 1.57. The molecule has 0 aliphatic rings. The number of halogens is 1. The van der Waals surface area contributed by atoms with Gasteiger partial charge < -0.3 is 10.1 Å². The highest BCUT2D eigenvalue weighted by molar-refractivity contribution is 6.31. The lowest BCUT2D eigenvalue weighted by molar-refractivity contribution is 0.0501. The van der Waals surface area contributed by atoms with Gasteiger partial charge in [-0.1, -0.05) is 29.8 Å². The molecule has 2 aromatic heterocycles. The molecule has 1 amide bonds. The fraction of sp³-hybridized carbons (Fsp3) is 0.238. The topological polar surface area (TPSA) is 86.1 Å². The second-order valence-electron chi connectivity index (χ2n) is 6.42. The van der Waals surface area contributed by atoms with Crippen LogP contribution in [-0.4, -0.2) is 39.8 Å². The average molecular weight is 413 g/mol. The normalized spacial score (nSPS) is 10.6. The lowest BCUT2D eigenvalue weighted by atomic mass is 10.2. The highest BCUT2D eigenvalue weighted by Gasteiger charge is 2.20. The minimum Gasteiger partial charge on any atom is -0.460 e. The zero-order valence-corrected chi connectivity index (χ0v) is 16.9. The Labute approximate surface area is 173 Å². The summed E-state index contributed by atoms with van der Waals surface area (Å²) in [6.07, 6.45) is 3.08. The molecule has 0 atom stereocenters. The Morgan fingerprint density at radius 3 is 2.59 bits per heavy atom. The molecule has 3 rings (SSSR count). The molecule has 0 saturated heterocycles. The molecule has 0 spiro atoms. The number of hydrogen-bond donors (Lipinski definition) is 1. The first-order valence-corrected chi connectivity index (χ1v) is 9.48. The van der Waals surface area contributed by atoms with Gasteiger partial charge in [0.05, 0.1) is 24.5 Å². The number of aromatic nitrogens is 3. The monoisotopic (exact) mass is 412 g/mol. The molecule has 7 nitrogen and oxygen atoms in total. The number of esters is 1. The van der Waals surface area contributed by atoms with Crippen molar-refractivity contribution in [2.45, 2.75) is 20.4 Å². The Kier molecular flexibility index (Phi) is 6.61. The summed E-state index contributed by atoms with van der Waals surface area (Å²) in [6, 6.07) is 10.7. The van der Waals surface area contributed by atoms with Crippen molar-refractivity contribution in [3.05, 3.63) is 81.9 Å². The molecule has 3 aromatic rings. The van der Waals surface area contributed by atoms with E-state index in [4.69, 9.17) is 16.3 Å². The number of carbonyl (C=O) groups is 2. The van der Waals surface area contributed by atoms with Gasteiger partial charge in [-0.3, -0.25) is 14.5 Å². The zero-order chi connectivity index (χ0) is 20.8. The van der Waals surface area contributed by atoms with Crippen LogP contribution in [0.2, 0.25) is 5.02 Å². The van der Waals surface area contributed by atoms with Crippen LogP contribution < -0.4 is 5.32 Å². The molecular formula is C21H21ClN4O3. The largest absolute Gasteiger partial charge is 0.460 e. The fourth-order valence-electron chi connectivity index (χ4n) is 2.92. The highest BCUT2D eigenvalue weighted by atomic mass is 35.5.